The topological polar surface area (TPSA) is 56.4 Å². The van der Waals surface area contributed by atoms with Crippen LogP contribution < -0.4 is 9.47 Å². The van der Waals surface area contributed by atoms with E-state index in [1.54, 1.807) is 42.5 Å². The maximum atomic E-state index is 11.4. The SMILES string of the molecule is [O-][n+]1ccccc1SCC(O)COc1ccc(Cl)cc1. The van der Waals surface area contributed by atoms with Gasteiger partial charge < -0.3 is 15.1 Å². The standard InChI is InChI=1S/C14H14ClNO3S/c15-11-4-6-13(7-5-11)19-9-12(17)10-20-14-3-1-2-8-16(14)18/h1-8,12,17H,9-10H2. The zero-order valence-corrected chi connectivity index (χ0v) is 12.2. The van der Waals surface area contributed by atoms with Gasteiger partial charge in [0.25, 0.3) is 5.03 Å². The van der Waals surface area contributed by atoms with Gasteiger partial charge in [-0.05, 0) is 30.3 Å². The molecule has 0 amide bonds. The van der Waals surface area contributed by atoms with E-state index in [2.05, 4.69) is 0 Å². The van der Waals surface area contributed by atoms with Crippen LogP contribution in [0.1, 0.15) is 0 Å². The molecule has 0 aliphatic rings. The molecule has 1 N–H and O–H groups in total. The van der Waals surface area contributed by atoms with E-state index in [0.717, 1.165) is 4.73 Å². The van der Waals surface area contributed by atoms with E-state index in [1.807, 2.05) is 0 Å². The number of hydrogen-bond acceptors (Lipinski definition) is 4. The first-order valence-corrected chi connectivity index (χ1v) is 7.39. The number of thioether (sulfide) groups is 1. The average molecular weight is 312 g/mol. The Morgan fingerprint density at radius 1 is 1.25 bits per heavy atom. The molecule has 4 nitrogen and oxygen atoms in total. The number of ether oxygens (including phenoxy) is 1. The zero-order valence-electron chi connectivity index (χ0n) is 10.6. The van der Waals surface area contributed by atoms with Gasteiger partial charge in [-0.1, -0.05) is 23.4 Å². The fourth-order valence-electron chi connectivity index (χ4n) is 1.48. The quantitative estimate of drug-likeness (QED) is 0.506. The summed E-state index contributed by atoms with van der Waals surface area (Å²) < 4.78 is 6.21. The minimum absolute atomic E-state index is 0.167. The van der Waals surface area contributed by atoms with Crippen LogP contribution in [0.4, 0.5) is 0 Å². The van der Waals surface area contributed by atoms with Crippen molar-refractivity contribution in [2.75, 3.05) is 12.4 Å². The predicted molar refractivity (Wildman–Crippen MR) is 79.1 cm³/mol. The Balaban J connectivity index is 1.77. The van der Waals surface area contributed by atoms with E-state index in [4.69, 9.17) is 16.3 Å². The molecule has 6 heteroatoms. The molecule has 1 heterocycles. The molecule has 20 heavy (non-hydrogen) atoms. The normalized spacial score (nSPS) is 12.1. The van der Waals surface area contributed by atoms with Crippen LogP contribution in [0.25, 0.3) is 0 Å². The van der Waals surface area contributed by atoms with Gasteiger partial charge in [0.1, 0.15) is 12.4 Å². The minimum atomic E-state index is -0.657. The zero-order chi connectivity index (χ0) is 14.4. The molecule has 0 radical (unpaired) electrons. The third-order valence-corrected chi connectivity index (χ3v) is 3.88. The third kappa shape index (κ3) is 4.59. The van der Waals surface area contributed by atoms with Crippen LogP contribution in [0.2, 0.25) is 5.02 Å². The maximum absolute atomic E-state index is 11.4. The summed E-state index contributed by atoms with van der Waals surface area (Å²) >= 11 is 7.06. The summed E-state index contributed by atoms with van der Waals surface area (Å²) in [5, 5.41) is 22.4. The first-order valence-electron chi connectivity index (χ1n) is 6.02. The number of aliphatic hydroxyl groups excluding tert-OH is 1. The molecule has 0 fully saturated rings. The molecule has 2 rings (SSSR count). The van der Waals surface area contributed by atoms with Crippen LogP contribution in [-0.2, 0) is 0 Å². The second-order valence-corrected chi connectivity index (χ2v) is 5.57. The second kappa shape index (κ2) is 7.38. The van der Waals surface area contributed by atoms with Crippen molar-refractivity contribution in [2.45, 2.75) is 11.1 Å². The second-order valence-electron chi connectivity index (χ2n) is 4.09. The molecule has 0 aliphatic carbocycles. The van der Waals surface area contributed by atoms with Crippen molar-refractivity contribution in [3.63, 3.8) is 0 Å². The first kappa shape index (κ1) is 15.0. The lowest BCUT2D eigenvalue weighted by Crippen LogP contribution is -2.29. The van der Waals surface area contributed by atoms with Crippen LogP contribution in [0.5, 0.6) is 5.75 Å². The summed E-state index contributed by atoms with van der Waals surface area (Å²) in [5.41, 5.74) is 0. The van der Waals surface area contributed by atoms with Gasteiger partial charge in [-0.15, -0.1) is 0 Å². The van der Waals surface area contributed by atoms with E-state index < -0.39 is 6.10 Å². The highest BCUT2D eigenvalue weighted by atomic mass is 35.5. The fourth-order valence-corrected chi connectivity index (χ4v) is 2.43. The number of pyridine rings is 1. The number of hydrogen-bond donors (Lipinski definition) is 1. The van der Waals surface area contributed by atoms with Crippen molar-refractivity contribution in [2.24, 2.45) is 0 Å². The Hall–Kier alpha value is -1.43. The molecule has 2 aromatic rings. The molecule has 0 saturated heterocycles. The van der Waals surface area contributed by atoms with Gasteiger partial charge in [-0.2, -0.15) is 4.73 Å². The van der Waals surface area contributed by atoms with Crippen LogP contribution in [0, 0.1) is 5.21 Å². The number of aliphatic hydroxyl groups is 1. The van der Waals surface area contributed by atoms with E-state index >= 15 is 0 Å². The van der Waals surface area contributed by atoms with Crippen LogP contribution in [0.3, 0.4) is 0 Å². The number of aromatic nitrogens is 1. The number of halogens is 1. The van der Waals surface area contributed by atoms with E-state index in [1.165, 1.54) is 18.0 Å². The van der Waals surface area contributed by atoms with Gasteiger partial charge >= 0.3 is 0 Å². The molecule has 106 valence electrons. The Morgan fingerprint density at radius 2 is 2.00 bits per heavy atom. The number of benzene rings is 1. The molecule has 0 aliphatic heterocycles. The molecule has 0 saturated carbocycles. The Labute approximate surface area is 126 Å². The van der Waals surface area contributed by atoms with Gasteiger partial charge in [0, 0.05) is 22.9 Å². The van der Waals surface area contributed by atoms with Gasteiger partial charge in [-0.3, -0.25) is 0 Å². The number of rotatable bonds is 6. The summed E-state index contributed by atoms with van der Waals surface area (Å²) in [7, 11) is 0. The van der Waals surface area contributed by atoms with Gasteiger partial charge in [0.15, 0.2) is 6.20 Å². The summed E-state index contributed by atoms with van der Waals surface area (Å²) in [4.78, 5) is 0. The summed E-state index contributed by atoms with van der Waals surface area (Å²) in [5.74, 6) is 1.04. The van der Waals surface area contributed by atoms with Gasteiger partial charge in [0.05, 0.1) is 6.10 Å². The average Bonchev–Trinajstić information content (AvgIpc) is 2.46. The van der Waals surface area contributed by atoms with Gasteiger partial charge in [-0.25, -0.2) is 0 Å². The Bertz CT molecular complexity index is 550. The molecule has 0 spiro atoms. The highest BCUT2D eigenvalue weighted by Gasteiger charge is 2.10. The van der Waals surface area contributed by atoms with Crippen molar-refractivity contribution < 1.29 is 14.6 Å². The summed E-state index contributed by atoms with van der Waals surface area (Å²) in [6.07, 6.45) is 0.773. The fraction of sp³-hybridized carbons (Fsp3) is 0.214. The summed E-state index contributed by atoms with van der Waals surface area (Å²) in [6.45, 7) is 0.167. The Morgan fingerprint density at radius 3 is 2.70 bits per heavy atom. The van der Waals surface area contributed by atoms with E-state index in [0.29, 0.717) is 21.6 Å². The smallest absolute Gasteiger partial charge is 0.251 e. The van der Waals surface area contributed by atoms with Crippen molar-refractivity contribution in [1.82, 2.24) is 0 Å². The van der Waals surface area contributed by atoms with Crippen LogP contribution in [-0.4, -0.2) is 23.6 Å². The molecule has 1 unspecified atom stereocenters. The molecular formula is C14H14ClNO3S. The van der Waals surface area contributed by atoms with Crippen molar-refractivity contribution in [3.8, 4) is 5.75 Å². The Kier molecular flexibility index (Phi) is 5.52. The molecule has 1 aromatic heterocycles. The van der Waals surface area contributed by atoms with Crippen LogP contribution >= 0.6 is 23.4 Å². The summed E-state index contributed by atoms with van der Waals surface area (Å²) in [6, 6.07) is 12.1. The maximum Gasteiger partial charge on any atom is 0.251 e. The molecule has 0 bridgehead atoms. The lowest BCUT2D eigenvalue weighted by molar-refractivity contribution is -0.645. The lowest BCUT2D eigenvalue weighted by atomic mass is 10.3. The first-order chi connectivity index (χ1) is 9.65. The van der Waals surface area contributed by atoms with E-state index in [-0.39, 0.29) is 6.61 Å². The largest absolute Gasteiger partial charge is 0.618 e. The predicted octanol–water partition coefficient (Wildman–Crippen LogP) is 2.51. The molecule has 1 atom stereocenters. The third-order valence-electron chi connectivity index (χ3n) is 2.47. The lowest BCUT2D eigenvalue weighted by Gasteiger charge is -2.11. The van der Waals surface area contributed by atoms with E-state index in [9.17, 15) is 10.3 Å². The highest BCUT2D eigenvalue weighted by Crippen LogP contribution is 2.17. The monoisotopic (exact) mass is 311 g/mol. The van der Waals surface area contributed by atoms with Crippen molar-refractivity contribution >= 4 is 23.4 Å². The van der Waals surface area contributed by atoms with Crippen molar-refractivity contribution in [3.05, 3.63) is 58.9 Å². The minimum Gasteiger partial charge on any atom is -0.618 e. The van der Waals surface area contributed by atoms with Crippen LogP contribution in [0.15, 0.2) is 53.7 Å². The molecular weight excluding hydrogens is 298 g/mol. The molecule has 1 aromatic carbocycles. The van der Waals surface area contributed by atoms with Gasteiger partial charge in [0.2, 0.25) is 0 Å². The van der Waals surface area contributed by atoms with Crippen molar-refractivity contribution in [1.29, 1.82) is 0 Å². The number of nitrogens with zero attached hydrogens (tertiary/aromatic N) is 1. The highest BCUT2D eigenvalue weighted by molar-refractivity contribution is 7.99.